The molecular weight excluding hydrogens is 250 g/mol. The highest BCUT2D eigenvalue weighted by Gasteiger charge is 2.43. The molecule has 0 amide bonds. The summed E-state index contributed by atoms with van der Waals surface area (Å²) in [6.07, 6.45) is 2.59. The van der Waals surface area contributed by atoms with E-state index in [9.17, 15) is 0 Å². The molecule has 0 radical (unpaired) electrons. The van der Waals surface area contributed by atoms with Gasteiger partial charge in [0.1, 0.15) is 0 Å². The van der Waals surface area contributed by atoms with Gasteiger partial charge in [-0.25, -0.2) is 0 Å². The fourth-order valence-electron chi connectivity index (χ4n) is 2.70. The van der Waals surface area contributed by atoms with Gasteiger partial charge in [-0.1, -0.05) is 51.1 Å². The van der Waals surface area contributed by atoms with Gasteiger partial charge >= 0.3 is 0 Å². The van der Waals surface area contributed by atoms with Crippen molar-refractivity contribution in [1.82, 2.24) is 5.32 Å². The fourth-order valence-corrected chi connectivity index (χ4v) is 3.66. The van der Waals surface area contributed by atoms with Crippen molar-refractivity contribution in [1.29, 1.82) is 0 Å². The molecule has 0 spiro atoms. The Balaban J connectivity index is 1.89. The van der Waals surface area contributed by atoms with Crippen molar-refractivity contribution in [3.8, 4) is 0 Å². The lowest BCUT2D eigenvalue weighted by Gasteiger charge is -2.19. The van der Waals surface area contributed by atoms with Gasteiger partial charge in [-0.05, 0) is 42.0 Å². The van der Waals surface area contributed by atoms with Crippen molar-refractivity contribution in [2.45, 2.75) is 50.8 Å². The third kappa shape index (κ3) is 4.54. The van der Waals surface area contributed by atoms with Crippen molar-refractivity contribution in [3.05, 3.63) is 35.9 Å². The summed E-state index contributed by atoms with van der Waals surface area (Å²) in [6.45, 7) is 7.99. The predicted molar refractivity (Wildman–Crippen MR) is 87.0 cm³/mol. The highest BCUT2D eigenvalue weighted by Crippen LogP contribution is 2.50. The van der Waals surface area contributed by atoms with Gasteiger partial charge in [-0.2, -0.15) is 11.8 Å². The minimum Gasteiger partial charge on any atom is -0.313 e. The quantitative estimate of drug-likeness (QED) is 0.760. The van der Waals surface area contributed by atoms with Crippen LogP contribution in [0.25, 0.3) is 0 Å². The number of thioether (sulfide) groups is 1. The molecule has 106 valence electrons. The van der Waals surface area contributed by atoms with Crippen LogP contribution in [0.1, 0.15) is 45.1 Å². The molecule has 3 atom stereocenters. The smallest absolute Gasteiger partial charge is 0.0192 e. The van der Waals surface area contributed by atoms with Gasteiger partial charge in [0.2, 0.25) is 0 Å². The molecule has 3 unspecified atom stereocenters. The van der Waals surface area contributed by atoms with E-state index in [1.54, 1.807) is 0 Å². The Morgan fingerprint density at radius 3 is 2.63 bits per heavy atom. The van der Waals surface area contributed by atoms with Gasteiger partial charge in [0.15, 0.2) is 0 Å². The van der Waals surface area contributed by atoms with Gasteiger partial charge in [0.05, 0.1) is 0 Å². The standard InChI is InChI=1S/C17H27NS/c1-4-10-18-17(12-19-13(2)3)16-11-15(16)14-8-6-5-7-9-14/h5-9,13,15-18H,4,10-12H2,1-3H3. The summed E-state index contributed by atoms with van der Waals surface area (Å²) in [6, 6.07) is 11.7. The van der Waals surface area contributed by atoms with E-state index in [0.29, 0.717) is 6.04 Å². The molecule has 19 heavy (non-hydrogen) atoms. The molecule has 0 bridgehead atoms. The van der Waals surface area contributed by atoms with Gasteiger partial charge in [-0.3, -0.25) is 0 Å². The molecule has 1 N–H and O–H groups in total. The molecule has 1 aliphatic carbocycles. The van der Waals surface area contributed by atoms with Crippen LogP contribution in [0, 0.1) is 5.92 Å². The van der Waals surface area contributed by atoms with Gasteiger partial charge in [-0.15, -0.1) is 0 Å². The second kappa shape index (κ2) is 7.35. The normalized spacial score (nSPS) is 23.6. The number of hydrogen-bond acceptors (Lipinski definition) is 2. The Bertz CT molecular complexity index is 363. The van der Waals surface area contributed by atoms with E-state index in [1.807, 2.05) is 0 Å². The Hall–Kier alpha value is -0.470. The zero-order chi connectivity index (χ0) is 13.7. The molecule has 0 saturated heterocycles. The lowest BCUT2D eigenvalue weighted by Crippen LogP contribution is -2.34. The van der Waals surface area contributed by atoms with Crippen LogP contribution < -0.4 is 5.32 Å². The minimum absolute atomic E-state index is 0.692. The minimum atomic E-state index is 0.692. The van der Waals surface area contributed by atoms with Crippen molar-refractivity contribution in [3.63, 3.8) is 0 Å². The molecule has 0 heterocycles. The average molecular weight is 277 g/mol. The summed E-state index contributed by atoms with van der Waals surface area (Å²) in [4.78, 5) is 0. The summed E-state index contributed by atoms with van der Waals surface area (Å²) in [5.74, 6) is 2.90. The lowest BCUT2D eigenvalue weighted by molar-refractivity contribution is 0.494. The molecule has 1 saturated carbocycles. The Labute approximate surface area is 122 Å². The first-order valence-corrected chi connectivity index (χ1v) is 8.67. The van der Waals surface area contributed by atoms with E-state index in [4.69, 9.17) is 0 Å². The maximum atomic E-state index is 3.77. The topological polar surface area (TPSA) is 12.0 Å². The molecule has 1 nitrogen and oxygen atoms in total. The van der Waals surface area contributed by atoms with E-state index in [0.717, 1.165) is 23.6 Å². The van der Waals surface area contributed by atoms with Crippen LogP contribution in [-0.2, 0) is 0 Å². The lowest BCUT2D eigenvalue weighted by atomic mass is 10.1. The Morgan fingerprint density at radius 1 is 1.26 bits per heavy atom. The second-order valence-corrected chi connectivity index (χ2v) is 7.47. The van der Waals surface area contributed by atoms with Crippen LogP contribution in [0.2, 0.25) is 0 Å². The Kier molecular flexibility index (Phi) is 5.77. The monoisotopic (exact) mass is 277 g/mol. The van der Waals surface area contributed by atoms with Gasteiger partial charge in [0.25, 0.3) is 0 Å². The van der Waals surface area contributed by atoms with Crippen LogP contribution in [-0.4, -0.2) is 23.6 Å². The van der Waals surface area contributed by atoms with Crippen molar-refractivity contribution >= 4 is 11.8 Å². The predicted octanol–water partition coefficient (Wildman–Crippen LogP) is 4.30. The van der Waals surface area contributed by atoms with Crippen LogP contribution in [0.15, 0.2) is 30.3 Å². The maximum absolute atomic E-state index is 3.77. The SMILES string of the molecule is CCCNC(CSC(C)C)C1CC1c1ccccc1. The summed E-state index contributed by atoms with van der Waals surface area (Å²) in [5.41, 5.74) is 1.53. The third-order valence-electron chi connectivity index (χ3n) is 3.85. The molecule has 0 aliphatic heterocycles. The van der Waals surface area contributed by atoms with Crippen LogP contribution in [0.3, 0.4) is 0 Å². The summed E-state index contributed by atoms with van der Waals surface area (Å²) >= 11 is 2.09. The zero-order valence-corrected chi connectivity index (χ0v) is 13.2. The average Bonchev–Trinajstić information content (AvgIpc) is 3.20. The maximum Gasteiger partial charge on any atom is 0.0192 e. The van der Waals surface area contributed by atoms with Crippen molar-refractivity contribution < 1.29 is 0 Å². The largest absolute Gasteiger partial charge is 0.313 e. The number of nitrogens with one attached hydrogen (secondary N) is 1. The Morgan fingerprint density at radius 2 is 2.00 bits per heavy atom. The van der Waals surface area contributed by atoms with E-state index in [1.165, 1.54) is 24.2 Å². The zero-order valence-electron chi connectivity index (χ0n) is 12.4. The summed E-state index contributed by atoms with van der Waals surface area (Å²) < 4.78 is 0. The first-order valence-electron chi connectivity index (χ1n) is 7.62. The second-order valence-electron chi connectivity index (χ2n) is 5.86. The molecule has 2 rings (SSSR count). The molecule has 1 fully saturated rings. The van der Waals surface area contributed by atoms with Gasteiger partial charge < -0.3 is 5.32 Å². The first-order chi connectivity index (χ1) is 9.22. The van der Waals surface area contributed by atoms with Crippen molar-refractivity contribution in [2.75, 3.05) is 12.3 Å². The molecule has 1 aromatic carbocycles. The molecule has 2 heteroatoms. The van der Waals surface area contributed by atoms with E-state index >= 15 is 0 Å². The van der Waals surface area contributed by atoms with Crippen LogP contribution >= 0.6 is 11.8 Å². The number of hydrogen-bond donors (Lipinski definition) is 1. The summed E-state index contributed by atoms with van der Waals surface area (Å²) in [5, 5.41) is 4.50. The van der Waals surface area contributed by atoms with Crippen molar-refractivity contribution in [2.24, 2.45) is 5.92 Å². The van der Waals surface area contributed by atoms with E-state index in [-0.39, 0.29) is 0 Å². The fraction of sp³-hybridized carbons (Fsp3) is 0.647. The number of benzene rings is 1. The molecule has 1 aromatic rings. The van der Waals surface area contributed by atoms with Gasteiger partial charge in [0, 0.05) is 11.8 Å². The number of rotatable bonds is 8. The van der Waals surface area contributed by atoms with Crippen LogP contribution in [0.4, 0.5) is 0 Å². The first kappa shape index (κ1) is 14.9. The summed E-state index contributed by atoms with van der Waals surface area (Å²) in [7, 11) is 0. The molecular formula is C17H27NS. The van der Waals surface area contributed by atoms with Crippen LogP contribution in [0.5, 0.6) is 0 Å². The molecule has 0 aromatic heterocycles. The third-order valence-corrected chi connectivity index (χ3v) is 5.07. The highest BCUT2D eigenvalue weighted by molar-refractivity contribution is 7.99. The van der Waals surface area contributed by atoms with E-state index in [2.05, 4.69) is 68.2 Å². The van der Waals surface area contributed by atoms with E-state index < -0.39 is 0 Å². The highest BCUT2D eigenvalue weighted by atomic mass is 32.2. The molecule has 1 aliphatic rings.